The summed E-state index contributed by atoms with van der Waals surface area (Å²) in [5.74, 6) is 0.687. The van der Waals surface area contributed by atoms with Crippen LogP contribution < -0.4 is 5.32 Å². The molecule has 0 bridgehead atoms. The van der Waals surface area contributed by atoms with Crippen LogP contribution in [-0.2, 0) is 21.2 Å². The number of hydrogen-bond donors (Lipinski definition) is 1. The van der Waals surface area contributed by atoms with Crippen molar-refractivity contribution in [2.45, 2.75) is 38.8 Å². The Hall–Kier alpha value is -1.47. The summed E-state index contributed by atoms with van der Waals surface area (Å²) in [6, 6.07) is 4.03. The first-order valence-electron chi connectivity index (χ1n) is 8.57. The highest BCUT2D eigenvalue weighted by Crippen LogP contribution is 2.24. The second kappa shape index (κ2) is 7.19. The van der Waals surface area contributed by atoms with Gasteiger partial charge in [0.1, 0.15) is 0 Å². The molecule has 1 aromatic heterocycles. The van der Waals surface area contributed by atoms with Gasteiger partial charge in [0, 0.05) is 18.2 Å². The standard InChI is InChI=1S/C17H25N3O3S/c1-13-3-2-7-18-16(13)11-19-17(21)14-4-8-20(9-5-14)15-6-10-24(22,23)12-15/h2-3,7,14-15H,4-6,8-12H2,1H3,(H,19,21)/t15-/m0/s1. The molecule has 0 aliphatic carbocycles. The average molecular weight is 351 g/mol. The third-order valence-electron chi connectivity index (χ3n) is 5.17. The number of carbonyl (C=O) groups is 1. The van der Waals surface area contributed by atoms with E-state index >= 15 is 0 Å². The van der Waals surface area contributed by atoms with Crippen LogP contribution in [0, 0.1) is 12.8 Å². The fraction of sp³-hybridized carbons (Fsp3) is 0.647. The van der Waals surface area contributed by atoms with Crippen LogP contribution in [0.25, 0.3) is 0 Å². The third kappa shape index (κ3) is 4.13. The Balaban J connectivity index is 1.46. The molecular weight excluding hydrogens is 326 g/mol. The molecule has 0 saturated carbocycles. The lowest BCUT2D eigenvalue weighted by molar-refractivity contribution is -0.126. The van der Waals surface area contributed by atoms with Crippen LogP contribution in [0.4, 0.5) is 0 Å². The lowest BCUT2D eigenvalue weighted by Crippen LogP contribution is -2.45. The molecule has 1 amide bonds. The number of aromatic nitrogens is 1. The van der Waals surface area contributed by atoms with E-state index in [9.17, 15) is 13.2 Å². The molecule has 2 fully saturated rings. The predicted octanol–water partition coefficient (Wildman–Crippen LogP) is 0.905. The van der Waals surface area contributed by atoms with Crippen molar-refractivity contribution >= 4 is 15.7 Å². The highest BCUT2D eigenvalue weighted by Gasteiger charge is 2.35. The van der Waals surface area contributed by atoms with E-state index in [0.717, 1.165) is 43.6 Å². The van der Waals surface area contributed by atoms with Crippen molar-refractivity contribution in [3.05, 3.63) is 29.6 Å². The fourth-order valence-corrected chi connectivity index (χ4v) is 5.37. The maximum Gasteiger partial charge on any atom is 0.223 e. The topological polar surface area (TPSA) is 79.4 Å². The second-order valence-electron chi connectivity index (χ2n) is 6.85. The number of carbonyl (C=O) groups excluding carboxylic acids is 1. The van der Waals surface area contributed by atoms with Crippen LogP contribution >= 0.6 is 0 Å². The summed E-state index contributed by atoms with van der Waals surface area (Å²) in [4.78, 5) is 18.9. The number of aryl methyl sites for hydroxylation is 1. The zero-order valence-corrected chi connectivity index (χ0v) is 14.9. The Morgan fingerprint density at radius 3 is 2.71 bits per heavy atom. The molecule has 3 rings (SSSR count). The molecule has 24 heavy (non-hydrogen) atoms. The van der Waals surface area contributed by atoms with Crippen LogP contribution in [-0.4, -0.2) is 54.8 Å². The Morgan fingerprint density at radius 2 is 2.08 bits per heavy atom. The SMILES string of the molecule is Cc1cccnc1CNC(=O)C1CCN([C@H]2CCS(=O)(=O)C2)CC1. The number of rotatable bonds is 4. The largest absolute Gasteiger partial charge is 0.350 e. The van der Waals surface area contributed by atoms with Crippen LogP contribution in [0.1, 0.15) is 30.5 Å². The highest BCUT2D eigenvalue weighted by atomic mass is 32.2. The molecular formula is C17H25N3O3S. The molecule has 6 nitrogen and oxygen atoms in total. The molecule has 1 aromatic rings. The molecule has 1 atom stereocenters. The highest BCUT2D eigenvalue weighted by molar-refractivity contribution is 7.91. The Bertz CT molecular complexity index is 697. The molecule has 0 unspecified atom stereocenters. The number of nitrogens with zero attached hydrogens (tertiary/aromatic N) is 2. The molecule has 1 N–H and O–H groups in total. The van der Waals surface area contributed by atoms with Gasteiger partial charge in [0.05, 0.1) is 23.7 Å². The molecule has 2 aliphatic heterocycles. The van der Waals surface area contributed by atoms with Crippen LogP contribution in [0.15, 0.2) is 18.3 Å². The van der Waals surface area contributed by atoms with E-state index in [2.05, 4.69) is 15.2 Å². The van der Waals surface area contributed by atoms with Crippen molar-refractivity contribution in [1.29, 1.82) is 0 Å². The second-order valence-corrected chi connectivity index (χ2v) is 9.08. The van der Waals surface area contributed by atoms with Crippen molar-refractivity contribution in [3.63, 3.8) is 0 Å². The van der Waals surface area contributed by atoms with E-state index in [1.54, 1.807) is 6.20 Å². The van der Waals surface area contributed by atoms with Gasteiger partial charge in [-0.3, -0.25) is 14.7 Å². The summed E-state index contributed by atoms with van der Waals surface area (Å²) in [6.07, 6.45) is 4.06. The summed E-state index contributed by atoms with van der Waals surface area (Å²) in [7, 11) is -2.85. The molecule has 0 radical (unpaired) electrons. The van der Waals surface area contributed by atoms with Crippen LogP contribution in [0.3, 0.4) is 0 Å². The molecule has 0 aromatic carbocycles. The van der Waals surface area contributed by atoms with E-state index in [0.29, 0.717) is 12.3 Å². The smallest absolute Gasteiger partial charge is 0.223 e. The van der Waals surface area contributed by atoms with Crippen LogP contribution in [0.2, 0.25) is 0 Å². The van der Waals surface area contributed by atoms with Crippen molar-refractivity contribution in [1.82, 2.24) is 15.2 Å². The van der Waals surface area contributed by atoms with Crippen LogP contribution in [0.5, 0.6) is 0 Å². The van der Waals surface area contributed by atoms with Gasteiger partial charge in [0.15, 0.2) is 9.84 Å². The van der Waals surface area contributed by atoms with E-state index < -0.39 is 9.84 Å². The van der Waals surface area contributed by atoms with Gasteiger partial charge in [0.25, 0.3) is 0 Å². The number of sulfone groups is 1. The summed E-state index contributed by atoms with van der Waals surface area (Å²) < 4.78 is 23.2. The normalized spacial score (nSPS) is 24.8. The van der Waals surface area contributed by atoms with Gasteiger partial charge >= 0.3 is 0 Å². The molecule has 7 heteroatoms. The van der Waals surface area contributed by atoms with Gasteiger partial charge in [-0.15, -0.1) is 0 Å². The summed E-state index contributed by atoms with van der Waals surface area (Å²) in [5.41, 5.74) is 1.98. The molecule has 2 saturated heterocycles. The first-order chi connectivity index (χ1) is 11.4. The number of amides is 1. The first kappa shape index (κ1) is 17.4. The Kier molecular flexibility index (Phi) is 5.20. The minimum Gasteiger partial charge on any atom is -0.350 e. The van der Waals surface area contributed by atoms with Gasteiger partial charge in [-0.05, 0) is 50.9 Å². The minimum absolute atomic E-state index is 0.0169. The monoisotopic (exact) mass is 351 g/mol. The molecule has 3 heterocycles. The fourth-order valence-electron chi connectivity index (χ4n) is 3.61. The summed E-state index contributed by atoms with van der Waals surface area (Å²) >= 11 is 0. The number of nitrogens with one attached hydrogen (secondary N) is 1. The van der Waals surface area contributed by atoms with Crippen molar-refractivity contribution < 1.29 is 13.2 Å². The third-order valence-corrected chi connectivity index (χ3v) is 6.92. The van der Waals surface area contributed by atoms with Gasteiger partial charge in [-0.1, -0.05) is 6.07 Å². The van der Waals surface area contributed by atoms with Gasteiger partial charge in [0.2, 0.25) is 5.91 Å². The molecule has 0 spiro atoms. The number of hydrogen-bond acceptors (Lipinski definition) is 5. The Morgan fingerprint density at radius 1 is 1.33 bits per heavy atom. The Labute approximate surface area is 143 Å². The number of pyridine rings is 1. The summed E-state index contributed by atoms with van der Waals surface area (Å²) in [5, 5.41) is 2.99. The average Bonchev–Trinajstić information content (AvgIpc) is 2.94. The van der Waals surface area contributed by atoms with Crippen molar-refractivity contribution in [2.75, 3.05) is 24.6 Å². The van der Waals surface area contributed by atoms with E-state index in [1.807, 2.05) is 19.1 Å². The lowest BCUT2D eigenvalue weighted by Gasteiger charge is -2.34. The van der Waals surface area contributed by atoms with Gasteiger partial charge in [-0.2, -0.15) is 0 Å². The number of piperidine rings is 1. The zero-order valence-electron chi connectivity index (χ0n) is 14.1. The van der Waals surface area contributed by atoms with E-state index in [1.165, 1.54) is 0 Å². The first-order valence-corrected chi connectivity index (χ1v) is 10.4. The summed E-state index contributed by atoms with van der Waals surface area (Å²) in [6.45, 7) is 4.07. The molecule has 132 valence electrons. The minimum atomic E-state index is -2.85. The van der Waals surface area contributed by atoms with Gasteiger partial charge < -0.3 is 5.32 Å². The van der Waals surface area contributed by atoms with Crippen molar-refractivity contribution in [2.24, 2.45) is 5.92 Å². The van der Waals surface area contributed by atoms with Crippen molar-refractivity contribution in [3.8, 4) is 0 Å². The molecule has 2 aliphatic rings. The number of likely N-dealkylation sites (tertiary alicyclic amines) is 1. The lowest BCUT2D eigenvalue weighted by atomic mass is 9.94. The van der Waals surface area contributed by atoms with E-state index in [4.69, 9.17) is 0 Å². The van der Waals surface area contributed by atoms with E-state index in [-0.39, 0.29) is 23.6 Å². The maximum atomic E-state index is 12.4. The van der Waals surface area contributed by atoms with Gasteiger partial charge in [-0.25, -0.2) is 8.42 Å². The zero-order chi connectivity index (χ0) is 17.2. The quantitative estimate of drug-likeness (QED) is 0.872. The maximum absolute atomic E-state index is 12.4. The predicted molar refractivity (Wildman–Crippen MR) is 92.2 cm³/mol.